The fraction of sp³-hybridized carbons (Fsp3) is 0.167. The largest absolute Gasteiger partial charge is 0.494 e. The second kappa shape index (κ2) is 8.97. The average molecular weight is 403 g/mol. The molecule has 29 heavy (non-hydrogen) atoms. The molecule has 146 valence electrons. The number of benzene rings is 3. The lowest BCUT2D eigenvalue weighted by Crippen LogP contribution is -2.40. The van der Waals surface area contributed by atoms with Gasteiger partial charge in [-0.1, -0.05) is 60.3 Å². The van der Waals surface area contributed by atoms with Gasteiger partial charge in [-0.05, 0) is 48.9 Å². The van der Waals surface area contributed by atoms with Crippen molar-refractivity contribution in [3.63, 3.8) is 0 Å². The molecule has 1 fully saturated rings. The Labute approximate surface area is 175 Å². The van der Waals surface area contributed by atoms with E-state index in [1.165, 1.54) is 0 Å². The van der Waals surface area contributed by atoms with E-state index in [9.17, 15) is 4.79 Å². The van der Waals surface area contributed by atoms with Crippen molar-refractivity contribution >= 4 is 34.2 Å². The predicted molar refractivity (Wildman–Crippen MR) is 120 cm³/mol. The maximum Gasteiger partial charge on any atom is 0.234 e. The Morgan fingerprint density at radius 3 is 2.28 bits per heavy atom. The first-order chi connectivity index (χ1) is 14.2. The van der Waals surface area contributed by atoms with Crippen molar-refractivity contribution < 1.29 is 9.53 Å². The summed E-state index contributed by atoms with van der Waals surface area (Å²) >= 11 is 1.62. The molecule has 1 heterocycles. The summed E-state index contributed by atoms with van der Waals surface area (Å²) in [7, 11) is 0. The summed E-state index contributed by atoms with van der Waals surface area (Å²) in [5, 5.41) is 0.707. The Hall–Kier alpha value is -3.05. The molecule has 0 aromatic heterocycles. The molecule has 0 unspecified atom stereocenters. The summed E-state index contributed by atoms with van der Waals surface area (Å²) in [5.41, 5.74) is 2.76. The van der Waals surface area contributed by atoms with Gasteiger partial charge in [-0.15, -0.1) is 0 Å². The number of ether oxygens (including phenoxy) is 1. The highest BCUT2D eigenvalue weighted by molar-refractivity contribution is 8.14. The molecule has 1 aliphatic rings. The molecule has 0 spiro atoms. The Balaban J connectivity index is 1.68. The van der Waals surface area contributed by atoms with Crippen LogP contribution in [-0.2, 0) is 4.79 Å². The number of thioether (sulfide) groups is 1. The van der Waals surface area contributed by atoms with E-state index in [1.807, 2.05) is 91.9 Å². The summed E-state index contributed by atoms with van der Waals surface area (Å²) in [4.78, 5) is 19.7. The van der Waals surface area contributed by atoms with Gasteiger partial charge in [0.1, 0.15) is 5.75 Å². The Bertz CT molecular complexity index is 988. The Kier molecular flexibility index (Phi) is 5.96. The summed E-state index contributed by atoms with van der Waals surface area (Å²) in [6, 6.07) is 27.4. The predicted octanol–water partition coefficient (Wildman–Crippen LogP) is 5.98. The number of rotatable bonds is 5. The van der Waals surface area contributed by atoms with Crippen molar-refractivity contribution in [2.24, 2.45) is 4.99 Å². The zero-order valence-electron chi connectivity index (χ0n) is 16.2. The summed E-state index contributed by atoms with van der Waals surface area (Å²) in [5.74, 6) is 0.885. The number of nitrogens with zero attached hydrogens (tertiary/aromatic N) is 2. The molecular formula is C24H22N2O2S. The Morgan fingerprint density at radius 1 is 0.966 bits per heavy atom. The molecule has 3 aromatic rings. The van der Waals surface area contributed by atoms with E-state index < -0.39 is 0 Å². The van der Waals surface area contributed by atoms with Gasteiger partial charge in [-0.2, -0.15) is 0 Å². The van der Waals surface area contributed by atoms with Crippen LogP contribution in [0.15, 0.2) is 89.9 Å². The number of aliphatic imine (C=N–C) groups is 1. The molecule has 0 bridgehead atoms. The van der Waals surface area contributed by atoms with Gasteiger partial charge >= 0.3 is 0 Å². The lowest BCUT2D eigenvalue weighted by Gasteiger charge is -2.32. The van der Waals surface area contributed by atoms with Crippen LogP contribution in [0.25, 0.3) is 0 Å². The van der Waals surface area contributed by atoms with Gasteiger partial charge in [-0.25, -0.2) is 4.99 Å². The van der Waals surface area contributed by atoms with E-state index in [-0.39, 0.29) is 11.2 Å². The normalized spacial score (nSPS) is 18.1. The minimum Gasteiger partial charge on any atom is -0.494 e. The first-order valence-corrected chi connectivity index (χ1v) is 10.5. The van der Waals surface area contributed by atoms with E-state index >= 15 is 0 Å². The topological polar surface area (TPSA) is 41.9 Å². The van der Waals surface area contributed by atoms with Crippen molar-refractivity contribution in [3.05, 3.63) is 90.5 Å². The lowest BCUT2D eigenvalue weighted by molar-refractivity contribution is -0.117. The minimum atomic E-state index is 0.0144. The van der Waals surface area contributed by atoms with Crippen LogP contribution in [0.3, 0.4) is 0 Å². The van der Waals surface area contributed by atoms with Crippen LogP contribution >= 0.6 is 11.8 Å². The second-order valence-electron chi connectivity index (χ2n) is 6.61. The molecule has 0 aliphatic carbocycles. The molecule has 0 radical (unpaired) electrons. The number of anilines is 1. The number of amides is 1. The maximum atomic E-state index is 13.2. The fourth-order valence-electron chi connectivity index (χ4n) is 3.23. The van der Waals surface area contributed by atoms with Crippen molar-refractivity contribution in [1.82, 2.24) is 0 Å². The highest BCUT2D eigenvalue weighted by Gasteiger charge is 2.33. The molecule has 3 aromatic carbocycles. The zero-order valence-corrected chi connectivity index (χ0v) is 17.0. The molecule has 1 aliphatic heterocycles. The quantitative estimate of drug-likeness (QED) is 0.527. The minimum absolute atomic E-state index is 0.0144. The maximum absolute atomic E-state index is 13.2. The van der Waals surface area contributed by atoms with Crippen LogP contribution < -0.4 is 9.64 Å². The van der Waals surface area contributed by atoms with Gasteiger partial charge < -0.3 is 4.74 Å². The number of amidine groups is 1. The van der Waals surface area contributed by atoms with E-state index in [0.717, 1.165) is 22.7 Å². The molecule has 1 amide bonds. The summed E-state index contributed by atoms with van der Waals surface area (Å²) in [6.07, 6.45) is 0.418. The van der Waals surface area contributed by atoms with Crippen molar-refractivity contribution in [1.29, 1.82) is 0 Å². The highest BCUT2D eigenvalue weighted by Crippen LogP contribution is 2.41. The summed E-state index contributed by atoms with van der Waals surface area (Å²) in [6.45, 7) is 2.60. The number of carbonyl (C=O) groups is 1. The van der Waals surface area contributed by atoms with E-state index in [0.29, 0.717) is 18.2 Å². The van der Waals surface area contributed by atoms with Gasteiger partial charge in [0.05, 0.1) is 18.0 Å². The SMILES string of the molecule is CCOc1ccc([C@@H]2CC(=O)N(c3ccccc3)C(=Nc3ccccc3)S2)cc1. The van der Waals surface area contributed by atoms with Crippen molar-refractivity contribution in [2.75, 3.05) is 11.5 Å². The monoisotopic (exact) mass is 402 g/mol. The van der Waals surface area contributed by atoms with Gasteiger partial charge in [0.25, 0.3) is 0 Å². The van der Waals surface area contributed by atoms with Crippen LogP contribution in [0.4, 0.5) is 11.4 Å². The second-order valence-corrected chi connectivity index (χ2v) is 7.78. The highest BCUT2D eigenvalue weighted by atomic mass is 32.2. The third-order valence-electron chi connectivity index (χ3n) is 4.61. The van der Waals surface area contributed by atoms with E-state index in [4.69, 9.17) is 9.73 Å². The zero-order chi connectivity index (χ0) is 20.1. The number of hydrogen-bond acceptors (Lipinski definition) is 4. The molecule has 5 heteroatoms. The molecule has 0 N–H and O–H groups in total. The molecular weight excluding hydrogens is 380 g/mol. The first-order valence-electron chi connectivity index (χ1n) is 9.66. The van der Waals surface area contributed by atoms with Gasteiger partial charge in [-0.3, -0.25) is 9.69 Å². The van der Waals surface area contributed by atoms with Gasteiger partial charge in [0.2, 0.25) is 5.91 Å². The smallest absolute Gasteiger partial charge is 0.234 e. The first kappa shape index (κ1) is 19.3. The van der Waals surface area contributed by atoms with Crippen LogP contribution in [-0.4, -0.2) is 17.7 Å². The van der Waals surface area contributed by atoms with Crippen LogP contribution in [0.1, 0.15) is 24.2 Å². The Morgan fingerprint density at radius 2 is 1.62 bits per heavy atom. The summed E-state index contributed by atoms with van der Waals surface area (Å²) < 4.78 is 5.54. The third-order valence-corrected chi connectivity index (χ3v) is 5.81. The van der Waals surface area contributed by atoms with Crippen LogP contribution in [0, 0.1) is 0 Å². The van der Waals surface area contributed by atoms with Gasteiger partial charge in [0.15, 0.2) is 5.17 Å². The lowest BCUT2D eigenvalue weighted by atomic mass is 10.1. The molecule has 4 nitrogen and oxygen atoms in total. The third kappa shape index (κ3) is 4.51. The van der Waals surface area contributed by atoms with E-state index in [2.05, 4.69) is 0 Å². The van der Waals surface area contributed by atoms with Gasteiger partial charge in [0, 0.05) is 11.7 Å². The van der Waals surface area contributed by atoms with Crippen LogP contribution in [0.5, 0.6) is 5.75 Å². The molecule has 0 saturated carbocycles. The number of carbonyl (C=O) groups excluding carboxylic acids is 1. The van der Waals surface area contributed by atoms with Crippen LogP contribution in [0.2, 0.25) is 0 Å². The van der Waals surface area contributed by atoms with Crippen molar-refractivity contribution in [2.45, 2.75) is 18.6 Å². The average Bonchev–Trinajstić information content (AvgIpc) is 2.76. The molecule has 4 rings (SSSR count). The van der Waals surface area contributed by atoms with Crippen molar-refractivity contribution in [3.8, 4) is 5.75 Å². The van der Waals surface area contributed by atoms with E-state index in [1.54, 1.807) is 16.7 Å². The standard InChI is InChI=1S/C24H22N2O2S/c1-2-28-21-15-13-18(14-16-21)22-17-23(27)26(20-11-7-4-8-12-20)24(29-22)25-19-9-5-3-6-10-19/h3-16,22H,2,17H2,1H3/t22-/m0/s1. The molecule has 1 saturated heterocycles. The molecule has 1 atom stereocenters. The fourth-order valence-corrected chi connectivity index (χ4v) is 4.47. The number of hydrogen-bond donors (Lipinski definition) is 0. The number of para-hydroxylation sites is 2.